The minimum Gasteiger partial charge on any atom is -0.490 e. The maximum absolute atomic E-state index is 5.53. The average molecular weight is 192 g/mol. The molecule has 4 heteroatoms. The molecule has 0 unspecified atom stereocenters. The molecule has 0 spiro atoms. The van der Waals surface area contributed by atoms with Crippen molar-refractivity contribution in [1.29, 1.82) is 0 Å². The third-order valence-corrected chi connectivity index (χ3v) is 1.99. The van der Waals surface area contributed by atoms with Crippen molar-refractivity contribution in [3.8, 4) is 5.75 Å². The van der Waals surface area contributed by atoms with Gasteiger partial charge in [-0.3, -0.25) is 5.10 Å². The van der Waals surface area contributed by atoms with Crippen LogP contribution in [0.25, 0.3) is 10.9 Å². The summed E-state index contributed by atoms with van der Waals surface area (Å²) >= 11 is 0. The fraction of sp³-hybridized carbons (Fsp3) is 0.300. The van der Waals surface area contributed by atoms with Crippen molar-refractivity contribution >= 4 is 10.9 Å². The summed E-state index contributed by atoms with van der Waals surface area (Å²) < 4.78 is 10.4. The molecular formula is C10H12N2O2. The first kappa shape index (κ1) is 9.02. The number of ether oxygens (including phenoxy) is 2. The molecule has 2 rings (SSSR count). The van der Waals surface area contributed by atoms with E-state index in [4.69, 9.17) is 9.47 Å². The van der Waals surface area contributed by atoms with Gasteiger partial charge in [0.05, 0.1) is 23.7 Å². The number of H-pyrrole nitrogens is 1. The van der Waals surface area contributed by atoms with Gasteiger partial charge in [-0.2, -0.15) is 5.10 Å². The zero-order valence-corrected chi connectivity index (χ0v) is 7.99. The monoisotopic (exact) mass is 192 g/mol. The van der Waals surface area contributed by atoms with Crippen LogP contribution in [0.5, 0.6) is 5.75 Å². The van der Waals surface area contributed by atoms with Gasteiger partial charge in [-0.25, -0.2) is 0 Å². The lowest BCUT2D eigenvalue weighted by Crippen LogP contribution is -2.04. The van der Waals surface area contributed by atoms with Gasteiger partial charge >= 0.3 is 0 Å². The Labute approximate surface area is 81.8 Å². The second kappa shape index (κ2) is 4.11. The van der Waals surface area contributed by atoms with Gasteiger partial charge in [-0.1, -0.05) is 6.07 Å². The van der Waals surface area contributed by atoms with Crippen LogP contribution in [0.4, 0.5) is 0 Å². The van der Waals surface area contributed by atoms with Crippen LogP contribution < -0.4 is 4.74 Å². The van der Waals surface area contributed by atoms with E-state index in [0.717, 1.165) is 16.7 Å². The topological polar surface area (TPSA) is 47.1 Å². The molecule has 0 saturated heterocycles. The standard InChI is InChI=1S/C10H12N2O2/c1-13-5-6-14-10-4-2-3-9-8(10)7-11-12-9/h2-4,7H,5-6H2,1H3,(H,11,12). The van der Waals surface area contributed by atoms with Gasteiger partial charge < -0.3 is 9.47 Å². The highest BCUT2D eigenvalue weighted by Gasteiger charge is 2.02. The molecule has 1 heterocycles. The second-order valence-corrected chi connectivity index (χ2v) is 2.93. The first-order valence-electron chi connectivity index (χ1n) is 4.45. The number of aromatic amines is 1. The number of nitrogens with one attached hydrogen (secondary N) is 1. The van der Waals surface area contributed by atoms with E-state index in [1.807, 2.05) is 18.2 Å². The van der Waals surface area contributed by atoms with E-state index >= 15 is 0 Å². The third kappa shape index (κ3) is 1.70. The fourth-order valence-corrected chi connectivity index (χ4v) is 1.30. The maximum Gasteiger partial charge on any atom is 0.130 e. The average Bonchev–Trinajstić information content (AvgIpc) is 2.67. The second-order valence-electron chi connectivity index (χ2n) is 2.93. The molecule has 1 aromatic carbocycles. The summed E-state index contributed by atoms with van der Waals surface area (Å²) in [5.74, 6) is 0.841. The molecule has 1 N–H and O–H groups in total. The van der Waals surface area contributed by atoms with Gasteiger partial charge in [0.15, 0.2) is 0 Å². The van der Waals surface area contributed by atoms with Gasteiger partial charge in [-0.15, -0.1) is 0 Å². The van der Waals surface area contributed by atoms with Crippen LogP contribution in [-0.2, 0) is 4.74 Å². The number of rotatable bonds is 4. The molecule has 0 bridgehead atoms. The molecule has 0 aliphatic rings. The summed E-state index contributed by atoms with van der Waals surface area (Å²) in [4.78, 5) is 0. The Balaban J connectivity index is 2.19. The summed E-state index contributed by atoms with van der Waals surface area (Å²) in [6.45, 7) is 1.15. The van der Waals surface area contributed by atoms with E-state index in [1.165, 1.54) is 0 Å². The van der Waals surface area contributed by atoms with Gasteiger partial charge in [0.1, 0.15) is 12.4 Å². The number of nitrogens with zero attached hydrogens (tertiary/aromatic N) is 1. The minimum atomic E-state index is 0.556. The largest absolute Gasteiger partial charge is 0.490 e. The van der Waals surface area contributed by atoms with Crippen LogP contribution >= 0.6 is 0 Å². The summed E-state index contributed by atoms with van der Waals surface area (Å²) in [5.41, 5.74) is 0.986. The molecule has 0 radical (unpaired) electrons. The first-order valence-corrected chi connectivity index (χ1v) is 4.45. The van der Waals surface area contributed by atoms with E-state index in [2.05, 4.69) is 10.2 Å². The Hall–Kier alpha value is -1.55. The van der Waals surface area contributed by atoms with Crippen molar-refractivity contribution in [1.82, 2.24) is 10.2 Å². The zero-order valence-electron chi connectivity index (χ0n) is 7.99. The quantitative estimate of drug-likeness (QED) is 0.748. The van der Waals surface area contributed by atoms with Gasteiger partial charge in [0.25, 0.3) is 0 Å². The Kier molecular flexibility index (Phi) is 2.65. The zero-order chi connectivity index (χ0) is 9.80. The molecule has 0 amide bonds. The number of methoxy groups -OCH3 is 1. The molecule has 1 aromatic heterocycles. The summed E-state index contributed by atoms with van der Waals surface area (Å²) in [6.07, 6.45) is 1.76. The van der Waals surface area contributed by atoms with Crippen molar-refractivity contribution in [2.24, 2.45) is 0 Å². The predicted molar refractivity (Wildman–Crippen MR) is 53.5 cm³/mol. The number of benzene rings is 1. The molecule has 14 heavy (non-hydrogen) atoms. The van der Waals surface area contributed by atoms with Crippen molar-refractivity contribution in [2.45, 2.75) is 0 Å². The smallest absolute Gasteiger partial charge is 0.130 e. The normalized spacial score (nSPS) is 10.6. The van der Waals surface area contributed by atoms with Crippen LogP contribution in [0.15, 0.2) is 24.4 Å². The first-order chi connectivity index (χ1) is 6.92. The highest BCUT2D eigenvalue weighted by Crippen LogP contribution is 2.23. The van der Waals surface area contributed by atoms with E-state index in [-0.39, 0.29) is 0 Å². The molecule has 0 atom stereocenters. The molecule has 0 aliphatic carbocycles. The SMILES string of the molecule is COCCOc1cccc2[nH]ncc12. The Morgan fingerprint density at radius 3 is 3.14 bits per heavy atom. The van der Waals surface area contributed by atoms with E-state index in [0.29, 0.717) is 13.2 Å². The molecule has 4 nitrogen and oxygen atoms in total. The highest BCUT2D eigenvalue weighted by molar-refractivity contribution is 5.84. The lowest BCUT2D eigenvalue weighted by molar-refractivity contribution is 0.147. The molecule has 2 aromatic rings. The van der Waals surface area contributed by atoms with Crippen molar-refractivity contribution in [3.63, 3.8) is 0 Å². The van der Waals surface area contributed by atoms with E-state index < -0.39 is 0 Å². The Morgan fingerprint density at radius 2 is 2.29 bits per heavy atom. The number of hydrogen-bond acceptors (Lipinski definition) is 3. The Bertz CT molecular complexity index is 411. The minimum absolute atomic E-state index is 0.556. The maximum atomic E-state index is 5.53. The summed E-state index contributed by atoms with van der Waals surface area (Å²) in [5, 5.41) is 7.85. The lowest BCUT2D eigenvalue weighted by atomic mass is 10.2. The van der Waals surface area contributed by atoms with Gasteiger partial charge in [-0.05, 0) is 12.1 Å². The summed E-state index contributed by atoms with van der Waals surface area (Å²) in [6, 6.07) is 5.82. The predicted octanol–water partition coefficient (Wildman–Crippen LogP) is 1.59. The molecule has 74 valence electrons. The van der Waals surface area contributed by atoms with Gasteiger partial charge in [0, 0.05) is 7.11 Å². The summed E-state index contributed by atoms with van der Waals surface area (Å²) in [7, 11) is 1.65. The number of fused-ring (bicyclic) bond motifs is 1. The number of aromatic nitrogens is 2. The number of hydrogen-bond donors (Lipinski definition) is 1. The van der Waals surface area contributed by atoms with Crippen molar-refractivity contribution in [2.75, 3.05) is 20.3 Å². The van der Waals surface area contributed by atoms with Crippen LogP contribution in [0.1, 0.15) is 0 Å². The van der Waals surface area contributed by atoms with Crippen LogP contribution in [-0.4, -0.2) is 30.5 Å². The van der Waals surface area contributed by atoms with E-state index in [1.54, 1.807) is 13.3 Å². The van der Waals surface area contributed by atoms with Crippen molar-refractivity contribution in [3.05, 3.63) is 24.4 Å². The van der Waals surface area contributed by atoms with E-state index in [9.17, 15) is 0 Å². The molecule has 0 aliphatic heterocycles. The van der Waals surface area contributed by atoms with Crippen LogP contribution in [0.2, 0.25) is 0 Å². The van der Waals surface area contributed by atoms with Crippen LogP contribution in [0.3, 0.4) is 0 Å². The molecule has 0 fully saturated rings. The van der Waals surface area contributed by atoms with Crippen molar-refractivity contribution < 1.29 is 9.47 Å². The third-order valence-electron chi connectivity index (χ3n) is 1.99. The Morgan fingerprint density at radius 1 is 1.36 bits per heavy atom. The van der Waals surface area contributed by atoms with Crippen LogP contribution in [0, 0.1) is 0 Å². The molecule has 0 saturated carbocycles. The molecular weight excluding hydrogens is 180 g/mol. The lowest BCUT2D eigenvalue weighted by Gasteiger charge is -2.05. The highest BCUT2D eigenvalue weighted by atomic mass is 16.5. The fourth-order valence-electron chi connectivity index (χ4n) is 1.30. The van der Waals surface area contributed by atoms with Gasteiger partial charge in [0.2, 0.25) is 0 Å².